The molecule has 2 rings (SSSR count). The average Bonchev–Trinajstić information content (AvgIpc) is 2.52. The highest BCUT2D eigenvalue weighted by atomic mass is 16.2. The van der Waals surface area contributed by atoms with Gasteiger partial charge in [0.25, 0.3) is 0 Å². The summed E-state index contributed by atoms with van der Waals surface area (Å²) < 4.78 is 0. The zero-order valence-corrected chi connectivity index (χ0v) is 12.4. The van der Waals surface area contributed by atoms with Crippen molar-refractivity contribution in [1.29, 1.82) is 0 Å². The van der Waals surface area contributed by atoms with Gasteiger partial charge in [0.15, 0.2) is 0 Å². The first-order valence-electron chi connectivity index (χ1n) is 7.83. The lowest BCUT2D eigenvalue weighted by Crippen LogP contribution is -2.51. The Kier molecular flexibility index (Phi) is 6.12. The number of nitrogens with zero attached hydrogens (tertiary/aromatic N) is 2. The largest absolute Gasteiger partial charge is 0.335 e. The molecule has 1 aliphatic carbocycles. The van der Waals surface area contributed by atoms with Crippen molar-refractivity contribution >= 4 is 6.03 Å². The zero-order chi connectivity index (χ0) is 14.2. The lowest BCUT2D eigenvalue weighted by molar-refractivity contribution is 0.140. The highest BCUT2D eigenvalue weighted by Gasteiger charge is 2.20. The summed E-state index contributed by atoms with van der Waals surface area (Å²) in [6, 6.07) is 0.0412. The maximum Gasteiger partial charge on any atom is 0.317 e. The topological polar surface area (TPSA) is 35.6 Å². The third-order valence-corrected chi connectivity index (χ3v) is 4.19. The quantitative estimate of drug-likeness (QED) is 0.783. The fourth-order valence-corrected chi connectivity index (χ4v) is 2.88. The van der Waals surface area contributed by atoms with Crippen LogP contribution in [0.4, 0.5) is 4.79 Å². The predicted octanol–water partition coefficient (Wildman–Crippen LogP) is 2.39. The van der Waals surface area contributed by atoms with Gasteiger partial charge < -0.3 is 10.2 Å². The first-order valence-corrected chi connectivity index (χ1v) is 7.83. The molecule has 0 unspecified atom stereocenters. The normalized spacial score (nSPS) is 20.4. The van der Waals surface area contributed by atoms with Gasteiger partial charge in [0.1, 0.15) is 0 Å². The van der Waals surface area contributed by atoms with E-state index in [2.05, 4.69) is 22.9 Å². The van der Waals surface area contributed by atoms with Crippen LogP contribution in [-0.2, 0) is 0 Å². The molecule has 0 saturated carbocycles. The summed E-state index contributed by atoms with van der Waals surface area (Å²) >= 11 is 0. The van der Waals surface area contributed by atoms with Crippen LogP contribution in [0.15, 0.2) is 24.3 Å². The van der Waals surface area contributed by atoms with Crippen molar-refractivity contribution in [3.8, 4) is 0 Å². The zero-order valence-electron chi connectivity index (χ0n) is 12.4. The van der Waals surface area contributed by atoms with Crippen molar-refractivity contribution in [2.45, 2.75) is 32.1 Å². The van der Waals surface area contributed by atoms with Crippen LogP contribution in [0.1, 0.15) is 32.1 Å². The number of hydrogen-bond donors (Lipinski definition) is 1. The highest BCUT2D eigenvalue weighted by Crippen LogP contribution is 2.20. The van der Waals surface area contributed by atoms with Crippen LogP contribution < -0.4 is 5.32 Å². The molecule has 0 bridgehead atoms. The summed E-state index contributed by atoms with van der Waals surface area (Å²) in [7, 11) is 0. The van der Waals surface area contributed by atoms with Gasteiger partial charge in [-0.3, -0.25) is 4.90 Å². The average molecular weight is 277 g/mol. The molecule has 1 N–H and O–H groups in total. The van der Waals surface area contributed by atoms with Crippen LogP contribution in [0.5, 0.6) is 0 Å². The predicted molar refractivity (Wildman–Crippen MR) is 82.8 cm³/mol. The van der Waals surface area contributed by atoms with E-state index in [4.69, 9.17) is 0 Å². The Labute approximate surface area is 122 Å². The van der Waals surface area contributed by atoms with E-state index in [0.29, 0.717) is 6.54 Å². The number of piperazine rings is 1. The minimum atomic E-state index is 0.0412. The number of amides is 2. The molecule has 0 aromatic heterocycles. The van der Waals surface area contributed by atoms with Crippen LogP contribution >= 0.6 is 0 Å². The van der Waals surface area contributed by atoms with Gasteiger partial charge in [-0.2, -0.15) is 0 Å². The highest BCUT2D eigenvalue weighted by molar-refractivity contribution is 5.74. The van der Waals surface area contributed by atoms with Gasteiger partial charge in [-0.25, -0.2) is 4.79 Å². The summed E-state index contributed by atoms with van der Waals surface area (Å²) in [5.74, 6) is 0. The fraction of sp³-hybridized carbons (Fsp3) is 0.688. The summed E-state index contributed by atoms with van der Waals surface area (Å²) in [5, 5.41) is 2.84. The molecule has 0 radical (unpaired) electrons. The third kappa shape index (κ3) is 4.67. The molecule has 1 saturated heterocycles. The van der Waals surface area contributed by atoms with Crippen molar-refractivity contribution in [2.24, 2.45) is 0 Å². The van der Waals surface area contributed by atoms with Crippen molar-refractivity contribution in [3.05, 3.63) is 24.3 Å². The van der Waals surface area contributed by atoms with E-state index < -0.39 is 0 Å². The molecule has 1 aliphatic heterocycles. The second-order valence-electron chi connectivity index (χ2n) is 5.66. The maximum absolute atomic E-state index is 11.8. The molecule has 2 amide bonds. The van der Waals surface area contributed by atoms with Crippen LogP contribution in [0.3, 0.4) is 0 Å². The number of rotatable bonds is 5. The molecule has 20 heavy (non-hydrogen) atoms. The van der Waals surface area contributed by atoms with Crippen molar-refractivity contribution in [3.63, 3.8) is 0 Å². The molecule has 1 fully saturated rings. The number of carbonyl (C=O) groups excluding carboxylic acids is 1. The van der Waals surface area contributed by atoms with Crippen LogP contribution in [0.25, 0.3) is 0 Å². The lowest BCUT2D eigenvalue weighted by Gasteiger charge is -2.34. The van der Waals surface area contributed by atoms with Crippen molar-refractivity contribution < 1.29 is 4.79 Å². The molecule has 0 spiro atoms. The number of hydrogen-bond acceptors (Lipinski definition) is 2. The SMILES string of the molecule is C=CCNC(=O)N1CCN(CCC2=CCCCC2)CC1. The summed E-state index contributed by atoms with van der Waals surface area (Å²) in [4.78, 5) is 16.2. The monoisotopic (exact) mass is 277 g/mol. The number of nitrogens with one attached hydrogen (secondary N) is 1. The van der Waals surface area contributed by atoms with Gasteiger partial charge in [0, 0.05) is 39.3 Å². The molecule has 0 atom stereocenters. The maximum atomic E-state index is 11.8. The third-order valence-electron chi connectivity index (χ3n) is 4.19. The van der Waals surface area contributed by atoms with E-state index in [1.807, 2.05) is 4.90 Å². The van der Waals surface area contributed by atoms with Gasteiger partial charge in [-0.1, -0.05) is 17.7 Å². The van der Waals surface area contributed by atoms with Crippen molar-refractivity contribution in [1.82, 2.24) is 15.1 Å². The van der Waals surface area contributed by atoms with Crippen LogP contribution in [-0.4, -0.2) is 55.1 Å². The smallest absolute Gasteiger partial charge is 0.317 e. The Hall–Kier alpha value is -1.29. The second-order valence-corrected chi connectivity index (χ2v) is 5.66. The number of carbonyl (C=O) groups is 1. The van der Waals surface area contributed by atoms with Gasteiger partial charge in [0.2, 0.25) is 0 Å². The molecular formula is C16H27N3O. The van der Waals surface area contributed by atoms with Gasteiger partial charge in [-0.05, 0) is 32.1 Å². The molecule has 4 nitrogen and oxygen atoms in total. The summed E-state index contributed by atoms with van der Waals surface area (Å²) in [6.07, 6.45) is 10.7. The van der Waals surface area contributed by atoms with Crippen molar-refractivity contribution in [2.75, 3.05) is 39.3 Å². The molecule has 4 heteroatoms. The van der Waals surface area contributed by atoms with E-state index in [1.165, 1.54) is 32.1 Å². The number of allylic oxidation sites excluding steroid dienone is 1. The summed E-state index contributed by atoms with van der Waals surface area (Å²) in [6.45, 7) is 8.97. The van der Waals surface area contributed by atoms with Crippen LogP contribution in [0, 0.1) is 0 Å². The minimum absolute atomic E-state index is 0.0412. The molecule has 1 heterocycles. The number of urea groups is 1. The standard InChI is InChI=1S/C16H27N3O/c1-2-9-17-16(20)19-13-11-18(12-14-19)10-8-15-6-4-3-5-7-15/h2,6H,1,3-5,7-14H2,(H,17,20). The first-order chi connectivity index (χ1) is 9.79. The van der Waals surface area contributed by atoms with E-state index in [0.717, 1.165) is 32.7 Å². The van der Waals surface area contributed by atoms with E-state index in [1.54, 1.807) is 11.6 Å². The van der Waals surface area contributed by atoms with E-state index >= 15 is 0 Å². The first kappa shape index (κ1) is 15.1. The Morgan fingerprint density at radius 1 is 1.30 bits per heavy atom. The van der Waals surface area contributed by atoms with E-state index in [9.17, 15) is 4.79 Å². The molecular weight excluding hydrogens is 250 g/mol. The van der Waals surface area contributed by atoms with E-state index in [-0.39, 0.29) is 6.03 Å². The summed E-state index contributed by atoms with van der Waals surface area (Å²) in [5.41, 5.74) is 1.64. The Bertz CT molecular complexity index is 357. The Morgan fingerprint density at radius 3 is 2.75 bits per heavy atom. The van der Waals surface area contributed by atoms with Crippen LogP contribution in [0.2, 0.25) is 0 Å². The molecule has 112 valence electrons. The van der Waals surface area contributed by atoms with Gasteiger partial charge in [0.05, 0.1) is 0 Å². The van der Waals surface area contributed by atoms with Gasteiger partial charge >= 0.3 is 6.03 Å². The minimum Gasteiger partial charge on any atom is -0.335 e. The Morgan fingerprint density at radius 2 is 2.10 bits per heavy atom. The van der Waals surface area contributed by atoms with Gasteiger partial charge in [-0.15, -0.1) is 6.58 Å². The lowest BCUT2D eigenvalue weighted by atomic mass is 9.97. The Balaban J connectivity index is 1.65. The molecule has 2 aliphatic rings. The molecule has 0 aromatic carbocycles. The second kappa shape index (κ2) is 8.10. The fourth-order valence-electron chi connectivity index (χ4n) is 2.88. The molecule has 0 aromatic rings.